The van der Waals surface area contributed by atoms with E-state index >= 15 is 0 Å². The number of hydrogen-bond donors (Lipinski definition) is 2. The molecule has 1 saturated heterocycles. The van der Waals surface area contributed by atoms with Gasteiger partial charge in [-0.1, -0.05) is 48.7 Å². The van der Waals surface area contributed by atoms with E-state index in [1.54, 1.807) is 13.2 Å². The Morgan fingerprint density at radius 1 is 1.11 bits per heavy atom. The Morgan fingerprint density at radius 3 is 2.64 bits per heavy atom. The molecular formula is C24H31NO3. The summed E-state index contributed by atoms with van der Waals surface area (Å²) >= 11 is 0. The molecule has 28 heavy (non-hydrogen) atoms. The van der Waals surface area contributed by atoms with E-state index < -0.39 is 5.60 Å². The van der Waals surface area contributed by atoms with Crippen LogP contribution in [0.2, 0.25) is 0 Å². The number of aliphatic hydroxyl groups is 1. The third-order valence-electron chi connectivity index (χ3n) is 6.72. The molecule has 1 heterocycles. The number of methoxy groups -OCH3 is 1. The largest absolute Gasteiger partial charge is 0.504 e. The van der Waals surface area contributed by atoms with Crippen LogP contribution < -0.4 is 4.74 Å². The Hall–Kier alpha value is -2.04. The Balaban J connectivity index is 1.70. The van der Waals surface area contributed by atoms with Crippen LogP contribution in [-0.2, 0) is 6.54 Å². The summed E-state index contributed by atoms with van der Waals surface area (Å²) in [5, 5.41) is 21.5. The minimum Gasteiger partial charge on any atom is -0.504 e. The van der Waals surface area contributed by atoms with Crippen molar-refractivity contribution in [2.75, 3.05) is 13.7 Å². The maximum absolute atomic E-state index is 11.4. The molecule has 4 heteroatoms. The number of benzene rings is 2. The number of aromatic hydroxyl groups is 1. The van der Waals surface area contributed by atoms with Crippen molar-refractivity contribution in [3.05, 3.63) is 59.2 Å². The molecule has 4 rings (SSSR count). The fourth-order valence-corrected chi connectivity index (χ4v) is 5.17. The third kappa shape index (κ3) is 3.63. The van der Waals surface area contributed by atoms with Gasteiger partial charge in [-0.05, 0) is 49.4 Å². The van der Waals surface area contributed by atoms with Crippen molar-refractivity contribution in [1.29, 1.82) is 0 Å². The molecule has 2 unspecified atom stereocenters. The van der Waals surface area contributed by atoms with Gasteiger partial charge in [-0.2, -0.15) is 0 Å². The average molecular weight is 382 g/mol. The van der Waals surface area contributed by atoms with Crippen LogP contribution in [0.4, 0.5) is 0 Å². The van der Waals surface area contributed by atoms with Gasteiger partial charge in [0.1, 0.15) is 0 Å². The lowest BCUT2D eigenvalue weighted by Crippen LogP contribution is -2.54. The molecule has 0 amide bonds. The molecule has 150 valence electrons. The lowest BCUT2D eigenvalue weighted by molar-refractivity contribution is -0.126. The van der Waals surface area contributed by atoms with E-state index in [9.17, 15) is 10.2 Å². The third-order valence-corrected chi connectivity index (χ3v) is 6.72. The van der Waals surface area contributed by atoms with Crippen molar-refractivity contribution in [3.63, 3.8) is 0 Å². The van der Waals surface area contributed by atoms with E-state index in [1.807, 2.05) is 12.1 Å². The molecule has 0 bridgehead atoms. The summed E-state index contributed by atoms with van der Waals surface area (Å²) in [6, 6.07) is 14.5. The summed E-state index contributed by atoms with van der Waals surface area (Å²) in [7, 11) is 1.58. The standard InChI is InChI=1S/C24H31NO3/c1-17-6-8-18(9-7-17)16-25-14-13-24(27)12-4-3-5-20(24)23(25)19-10-11-21(26)22(15-19)28-2/h6-11,15,20,23,26-27H,3-5,12-14,16H2,1-2H3/t20?,23-,24?/m0/s1. The number of hydrogen-bond acceptors (Lipinski definition) is 4. The smallest absolute Gasteiger partial charge is 0.160 e. The molecule has 0 aromatic heterocycles. The first-order valence-electron chi connectivity index (χ1n) is 10.4. The highest BCUT2D eigenvalue weighted by Crippen LogP contribution is 2.50. The number of phenols is 1. The molecule has 2 fully saturated rings. The number of nitrogens with zero attached hydrogens (tertiary/aromatic N) is 1. The minimum absolute atomic E-state index is 0.120. The lowest BCUT2D eigenvalue weighted by Gasteiger charge is -2.53. The maximum Gasteiger partial charge on any atom is 0.160 e. The average Bonchev–Trinajstić information content (AvgIpc) is 2.70. The molecule has 0 spiro atoms. The molecule has 2 aromatic carbocycles. The van der Waals surface area contributed by atoms with Crippen molar-refractivity contribution in [2.45, 2.75) is 57.2 Å². The van der Waals surface area contributed by atoms with Gasteiger partial charge in [-0.15, -0.1) is 0 Å². The molecular weight excluding hydrogens is 350 g/mol. The molecule has 2 N–H and O–H groups in total. The first kappa shape index (κ1) is 19.3. The molecule has 1 aliphatic carbocycles. The van der Waals surface area contributed by atoms with Crippen LogP contribution >= 0.6 is 0 Å². The van der Waals surface area contributed by atoms with Crippen LogP contribution in [0.1, 0.15) is 54.8 Å². The second kappa shape index (κ2) is 7.76. The van der Waals surface area contributed by atoms with Crippen LogP contribution in [0.15, 0.2) is 42.5 Å². The van der Waals surface area contributed by atoms with Crippen molar-refractivity contribution >= 4 is 0 Å². The number of phenolic OH excluding ortho intramolecular Hbond substituents is 1. The van der Waals surface area contributed by atoms with Gasteiger partial charge in [0.25, 0.3) is 0 Å². The Labute approximate surface area is 167 Å². The molecule has 1 saturated carbocycles. The van der Waals surface area contributed by atoms with E-state index in [4.69, 9.17) is 4.74 Å². The van der Waals surface area contributed by atoms with Gasteiger partial charge in [0, 0.05) is 25.0 Å². The number of likely N-dealkylation sites (tertiary alicyclic amines) is 1. The van der Waals surface area contributed by atoms with Crippen molar-refractivity contribution in [2.24, 2.45) is 5.92 Å². The van der Waals surface area contributed by atoms with Crippen molar-refractivity contribution < 1.29 is 14.9 Å². The Bertz CT molecular complexity index is 819. The van der Waals surface area contributed by atoms with Crippen molar-refractivity contribution in [3.8, 4) is 11.5 Å². The van der Waals surface area contributed by atoms with Gasteiger partial charge < -0.3 is 14.9 Å². The van der Waals surface area contributed by atoms with E-state index in [2.05, 4.69) is 36.1 Å². The Kier molecular flexibility index (Phi) is 5.35. The van der Waals surface area contributed by atoms with E-state index in [0.29, 0.717) is 5.75 Å². The maximum atomic E-state index is 11.4. The predicted molar refractivity (Wildman–Crippen MR) is 111 cm³/mol. The number of rotatable bonds is 4. The summed E-state index contributed by atoms with van der Waals surface area (Å²) in [5.74, 6) is 0.860. The number of fused-ring (bicyclic) bond motifs is 1. The highest BCUT2D eigenvalue weighted by molar-refractivity contribution is 5.43. The zero-order valence-corrected chi connectivity index (χ0v) is 16.9. The summed E-state index contributed by atoms with van der Waals surface area (Å²) in [6.45, 7) is 3.84. The van der Waals surface area contributed by atoms with Crippen LogP contribution in [0.5, 0.6) is 11.5 Å². The fourth-order valence-electron chi connectivity index (χ4n) is 5.17. The number of piperidine rings is 1. The van der Waals surface area contributed by atoms with E-state index in [-0.39, 0.29) is 17.7 Å². The lowest BCUT2D eigenvalue weighted by atomic mass is 9.66. The highest BCUT2D eigenvalue weighted by atomic mass is 16.5. The van der Waals surface area contributed by atoms with Gasteiger partial charge in [0.2, 0.25) is 0 Å². The second-order valence-corrected chi connectivity index (χ2v) is 8.54. The molecule has 0 radical (unpaired) electrons. The van der Waals surface area contributed by atoms with Gasteiger partial charge in [-0.3, -0.25) is 4.90 Å². The fraction of sp³-hybridized carbons (Fsp3) is 0.500. The van der Waals surface area contributed by atoms with Crippen LogP contribution in [-0.4, -0.2) is 34.4 Å². The van der Waals surface area contributed by atoms with Gasteiger partial charge in [-0.25, -0.2) is 0 Å². The zero-order valence-electron chi connectivity index (χ0n) is 16.9. The van der Waals surface area contributed by atoms with E-state index in [1.165, 1.54) is 11.1 Å². The quantitative estimate of drug-likeness (QED) is 0.814. The summed E-state index contributed by atoms with van der Waals surface area (Å²) in [6.07, 6.45) is 5.03. The SMILES string of the molecule is COc1cc([C@H]2C3CCCCC3(O)CCN2Cc2ccc(C)cc2)ccc1O. The zero-order chi connectivity index (χ0) is 19.7. The molecule has 4 nitrogen and oxygen atoms in total. The first-order valence-corrected chi connectivity index (χ1v) is 10.4. The van der Waals surface area contributed by atoms with Crippen LogP contribution in [0.25, 0.3) is 0 Å². The molecule has 2 aliphatic rings. The monoisotopic (exact) mass is 381 g/mol. The number of aryl methyl sites for hydroxylation is 1. The number of ether oxygens (including phenoxy) is 1. The van der Waals surface area contributed by atoms with Crippen molar-refractivity contribution in [1.82, 2.24) is 4.90 Å². The predicted octanol–water partition coefficient (Wildman–Crippen LogP) is 4.58. The molecule has 1 aliphatic heterocycles. The van der Waals surface area contributed by atoms with Gasteiger partial charge in [0.05, 0.1) is 12.7 Å². The highest BCUT2D eigenvalue weighted by Gasteiger charge is 2.48. The molecule has 2 aromatic rings. The Morgan fingerprint density at radius 2 is 1.89 bits per heavy atom. The van der Waals surface area contributed by atoms with Gasteiger partial charge >= 0.3 is 0 Å². The summed E-state index contributed by atoms with van der Waals surface area (Å²) in [4.78, 5) is 2.50. The van der Waals surface area contributed by atoms with E-state index in [0.717, 1.165) is 50.8 Å². The second-order valence-electron chi connectivity index (χ2n) is 8.54. The van der Waals surface area contributed by atoms with Gasteiger partial charge in [0.15, 0.2) is 11.5 Å². The molecule has 3 atom stereocenters. The normalized spacial score (nSPS) is 28.0. The van der Waals surface area contributed by atoms with Crippen LogP contribution in [0.3, 0.4) is 0 Å². The summed E-state index contributed by atoms with van der Waals surface area (Å²) in [5.41, 5.74) is 3.09. The minimum atomic E-state index is -0.586. The topological polar surface area (TPSA) is 52.9 Å². The van der Waals surface area contributed by atoms with Crippen LogP contribution in [0, 0.1) is 12.8 Å². The summed E-state index contributed by atoms with van der Waals surface area (Å²) < 4.78 is 5.37. The first-order chi connectivity index (χ1) is 13.5.